The Bertz CT molecular complexity index is 366. The molecule has 0 N–H and O–H groups in total. The van der Waals surface area contributed by atoms with Crippen LogP contribution in [0.1, 0.15) is 24.8 Å². The van der Waals surface area contributed by atoms with Crippen molar-refractivity contribution in [1.82, 2.24) is 4.90 Å². The third-order valence-corrected chi connectivity index (χ3v) is 3.68. The van der Waals surface area contributed by atoms with E-state index in [0.717, 1.165) is 24.9 Å². The van der Waals surface area contributed by atoms with Crippen molar-refractivity contribution in [2.45, 2.75) is 31.7 Å². The van der Waals surface area contributed by atoms with Gasteiger partial charge in [0.15, 0.2) is 0 Å². The van der Waals surface area contributed by atoms with E-state index in [1.54, 1.807) is 0 Å². The third kappa shape index (κ3) is 3.22. The molecule has 1 aromatic carbocycles. The fraction of sp³-hybridized carbons (Fsp3) is 0.500. The number of halogens is 1. The normalized spacial score (nSPS) is 20.3. The molecule has 3 heteroatoms. The molecule has 1 unspecified atom stereocenters. The van der Waals surface area contributed by atoms with Gasteiger partial charge in [0.05, 0.1) is 6.42 Å². The van der Waals surface area contributed by atoms with Crippen molar-refractivity contribution >= 4 is 17.5 Å². The predicted molar refractivity (Wildman–Crippen MR) is 70.2 cm³/mol. The van der Waals surface area contributed by atoms with Gasteiger partial charge in [-0.2, -0.15) is 0 Å². The molecular weight excluding hydrogens is 234 g/mol. The van der Waals surface area contributed by atoms with E-state index in [2.05, 4.69) is 0 Å². The highest BCUT2D eigenvalue weighted by Crippen LogP contribution is 2.19. The molecule has 1 aliphatic heterocycles. The number of nitrogens with zero attached hydrogens (tertiary/aromatic N) is 1. The lowest BCUT2D eigenvalue weighted by molar-refractivity contribution is -0.133. The summed E-state index contributed by atoms with van der Waals surface area (Å²) in [7, 11) is 0. The monoisotopic (exact) mass is 251 g/mol. The van der Waals surface area contributed by atoms with Crippen LogP contribution in [0.4, 0.5) is 0 Å². The number of hydrogen-bond acceptors (Lipinski definition) is 1. The van der Waals surface area contributed by atoms with E-state index in [9.17, 15) is 4.79 Å². The Balaban J connectivity index is 1.99. The van der Waals surface area contributed by atoms with Crippen LogP contribution in [0.3, 0.4) is 0 Å². The molecule has 0 radical (unpaired) electrons. The van der Waals surface area contributed by atoms with Gasteiger partial charge in [0, 0.05) is 18.5 Å². The van der Waals surface area contributed by atoms with Crippen molar-refractivity contribution in [2.75, 3.05) is 12.4 Å². The van der Waals surface area contributed by atoms with Gasteiger partial charge in [-0.05, 0) is 24.8 Å². The molecule has 1 heterocycles. The molecule has 0 saturated carbocycles. The first-order valence-electron chi connectivity index (χ1n) is 6.20. The molecule has 92 valence electrons. The predicted octanol–water partition coefficient (Wildman–Crippen LogP) is 2.85. The van der Waals surface area contributed by atoms with E-state index < -0.39 is 0 Å². The van der Waals surface area contributed by atoms with Crippen LogP contribution >= 0.6 is 11.6 Å². The second kappa shape index (κ2) is 6.06. The maximum Gasteiger partial charge on any atom is 0.227 e. The number of likely N-dealkylation sites (tertiary alicyclic amines) is 1. The van der Waals surface area contributed by atoms with E-state index in [0.29, 0.717) is 12.3 Å². The number of alkyl halides is 1. The van der Waals surface area contributed by atoms with Crippen LogP contribution in [0.2, 0.25) is 0 Å². The molecule has 1 atom stereocenters. The lowest BCUT2D eigenvalue weighted by Gasteiger charge is -2.34. The molecule has 0 aromatic heterocycles. The van der Waals surface area contributed by atoms with Gasteiger partial charge < -0.3 is 4.90 Å². The first-order valence-corrected chi connectivity index (χ1v) is 6.74. The van der Waals surface area contributed by atoms with Crippen molar-refractivity contribution in [1.29, 1.82) is 0 Å². The highest BCUT2D eigenvalue weighted by Gasteiger charge is 2.25. The van der Waals surface area contributed by atoms with E-state index in [1.165, 1.54) is 6.42 Å². The maximum absolute atomic E-state index is 12.2. The van der Waals surface area contributed by atoms with E-state index >= 15 is 0 Å². The molecule has 17 heavy (non-hydrogen) atoms. The van der Waals surface area contributed by atoms with Crippen molar-refractivity contribution in [3.63, 3.8) is 0 Å². The highest BCUT2D eigenvalue weighted by molar-refractivity contribution is 6.18. The summed E-state index contributed by atoms with van der Waals surface area (Å²) in [5, 5.41) is 0. The minimum absolute atomic E-state index is 0.210. The van der Waals surface area contributed by atoms with E-state index in [4.69, 9.17) is 11.6 Å². The Morgan fingerprint density at radius 2 is 2.06 bits per heavy atom. The lowest BCUT2D eigenvalue weighted by Crippen LogP contribution is -2.45. The molecule has 1 aromatic rings. The van der Waals surface area contributed by atoms with Crippen LogP contribution in [0.15, 0.2) is 30.3 Å². The van der Waals surface area contributed by atoms with Gasteiger partial charge in [-0.1, -0.05) is 30.3 Å². The van der Waals surface area contributed by atoms with Crippen molar-refractivity contribution in [3.8, 4) is 0 Å². The van der Waals surface area contributed by atoms with Crippen LogP contribution in [0.5, 0.6) is 0 Å². The Morgan fingerprint density at radius 3 is 2.76 bits per heavy atom. The van der Waals surface area contributed by atoms with Gasteiger partial charge in [-0.25, -0.2) is 0 Å². The zero-order chi connectivity index (χ0) is 12.1. The van der Waals surface area contributed by atoms with Gasteiger partial charge in [-0.3, -0.25) is 4.79 Å². The van der Waals surface area contributed by atoms with Crippen LogP contribution in [0, 0.1) is 0 Å². The molecule has 1 saturated heterocycles. The van der Waals surface area contributed by atoms with Crippen LogP contribution in [-0.2, 0) is 11.2 Å². The second-order valence-electron chi connectivity index (χ2n) is 4.55. The summed E-state index contributed by atoms with van der Waals surface area (Å²) in [6.45, 7) is 0.864. The molecule has 0 bridgehead atoms. The molecule has 2 rings (SSSR count). The number of amides is 1. The Morgan fingerprint density at radius 1 is 1.29 bits per heavy atom. The second-order valence-corrected chi connectivity index (χ2v) is 4.86. The van der Waals surface area contributed by atoms with Crippen LogP contribution in [0.25, 0.3) is 0 Å². The van der Waals surface area contributed by atoms with Gasteiger partial charge in [-0.15, -0.1) is 11.6 Å². The maximum atomic E-state index is 12.2. The number of piperidine rings is 1. The topological polar surface area (TPSA) is 20.3 Å². The number of benzene rings is 1. The summed E-state index contributed by atoms with van der Waals surface area (Å²) in [4.78, 5) is 14.2. The number of hydrogen-bond donors (Lipinski definition) is 0. The standard InChI is InChI=1S/C14H18ClNO/c15-11-13-8-4-5-9-16(13)14(17)10-12-6-2-1-3-7-12/h1-3,6-7,13H,4-5,8-11H2. The molecule has 1 amide bonds. The number of carbonyl (C=O) groups excluding carboxylic acids is 1. The average Bonchev–Trinajstić information content (AvgIpc) is 2.40. The average molecular weight is 252 g/mol. The summed E-state index contributed by atoms with van der Waals surface area (Å²) in [5.74, 6) is 0.766. The molecule has 1 fully saturated rings. The molecule has 1 aliphatic rings. The van der Waals surface area contributed by atoms with Crippen LogP contribution in [-0.4, -0.2) is 29.3 Å². The number of carbonyl (C=O) groups is 1. The molecular formula is C14H18ClNO. The quantitative estimate of drug-likeness (QED) is 0.757. The summed E-state index contributed by atoms with van der Waals surface area (Å²) in [6, 6.07) is 10.1. The highest BCUT2D eigenvalue weighted by atomic mass is 35.5. The first kappa shape index (κ1) is 12.4. The van der Waals surface area contributed by atoms with Gasteiger partial charge >= 0.3 is 0 Å². The SMILES string of the molecule is O=C(Cc1ccccc1)N1CCCCC1CCl. The molecule has 0 aliphatic carbocycles. The van der Waals surface area contributed by atoms with E-state index in [1.807, 2.05) is 35.2 Å². The third-order valence-electron chi connectivity index (χ3n) is 3.32. The Hall–Kier alpha value is -1.02. The molecule has 2 nitrogen and oxygen atoms in total. The summed E-state index contributed by atoms with van der Waals surface area (Å²) in [5.41, 5.74) is 1.08. The smallest absolute Gasteiger partial charge is 0.227 e. The van der Waals surface area contributed by atoms with Crippen molar-refractivity contribution < 1.29 is 4.79 Å². The van der Waals surface area contributed by atoms with Crippen molar-refractivity contribution in [2.24, 2.45) is 0 Å². The Kier molecular flexibility index (Phi) is 4.43. The van der Waals surface area contributed by atoms with Crippen LogP contribution < -0.4 is 0 Å². The van der Waals surface area contributed by atoms with Gasteiger partial charge in [0.1, 0.15) is 0 Å². The number of rotatable bonds is 3. The van der Waals surface area contributed by atoms with Gasteiger partial charge in [0.25, 0.3) is 0 Å². The fourth-order valence-electron chi connectivity index (χ4n) is 2.36. The zero-order valence-electron chi connectivity index (χ0n) is 9.94. The zero-order valence-corrected chi connectivity index (χ0v) is 10.7. The fourth-order valence-corrected chi connectivity index (χ4v) is 2.68. The summed E-state index contributed by atoms with van der Waals surface area (Å²) < 4.78 is 0. The Labute approximate surface area is 108 Å². The first-order chi connectivity index (χ1) is 8.31. The van der Waals surface area contributed by atoms with E-state index in [-0.39, 0.29) is 11.9 Å². The van der Waals surface area contributed by atoms with Gasteiger partial charge in [0.2, 0.25) is 5.91 Å². The minimum atomic E-state index is 0.210. The largest absolute Gasteiger partial charge is 0.338 e. The molecule has 0 spiro atoms. The lowest BCUT2D eigenvalue weighted by atomic mass is 10.0. The van der Waals surface area contributed by atoms with Crippen molar-refractivity contribution in [3.05, 3.63) is 35.9 Å². The minimum Gasteiger partial charge on any atom is -0.338 e. The summed E-state index contributed by atoms with van der Waals surface area (Å²) >= 11 is 5.93. The summed E-state index contributed by atoms with van der Waals surface area (Å²) in [6.07, 6.45) is 3.83.